The van der Waals surface area contributed by atoms with Gasteiger partial charge in [-0.1, -0.05) is 38.1 Å². The molecule has 1 aromatic rings. The quantitative estimate of drug-likeness (QED) is 0.502. The standard InChI is InChI=1S/C13H18O2/c1-3-5-10-14-11-15-13-8-6-12(4-2)7-9-13/h4,6-9H,2-3,5,10-11H2,1H3. The molecule has 82 valence electrons. The second kappa shape index (κ2) is 7.07. The maximum Gasteiger partial charge on any atom is 0.189 e. The Balaban J connectivity index is 2.22. The first-order chi connectivity index (χ1) is 7.36. The van der Waals surface area contributed by atoms with E-state index >= 15 is 0 Å². The smallest absolute Gasteiger partial charge is 0.189 e. The van der Waals surface area contributed by atoms with Gasteiger partial charge in [-0.05, 0) is 24.1 Å². The minimum Gasteiger partial charge on any atom is -0.468 e. The molecule has 0 atom stereocenters. The Morgan fingerprint density at radius 3 is 2.60 bits per heavy atom. The highest BCUT2D eigenvalue weighted by Gasteiger charge is 1.93. The van der Waals surface area contributed by atoms with Gasteiger partial charge in [0.05, 0.1) is 6.61 Å². The van der Waals surface area contributed by atoms with E-state index in [0.717, 1.165) is 30.8 Å². The molecule has 0 heterocycles. The third-order valence-electron chi connectivity index (χ3n) is 2.07. The number of hydrogen-bond donors (Lipinski definition) is 0. The van der Waals surface area contributed by atoms with Crippen molar-refractivity contribution in [1.82, 2.24) is 0 Å². The number of hydrogen-bond acceptors (Lipinski definition) is 2. The number of benzene rings is 1. The molecule has 0 bridgehead atoms. The fourth-order valence-electron chi connectivity index (χ4n) is 1.12. The average Bonchev–Trinajstić information content (AvgIpc) is 2.30. The summed E-state index contributed by atoms with van der Waals surface area (Å²) in [6, 6.07) is 7.77. The molecule has 0 amide bonds. The van der Waals surface area contributed by atoms with Gasteiger partial charge in [-0.25, -0.2) is 0 Å². The van der Waals surface area contributed by atoms with E-state index in [4.69, 9.17) is 9.47 Å². The molecule has 0 aliphatic rings. The highest BCUT2D eigenvalue weighted by atomic mass is 16.7. The predicted molar refractivity (Wildman–Crippen MR) is 62.9 cm³/mol. The van der Waals surface area contributed by atoms with E-state index in [9.17, 15) is 0 Å². The molecule has 1 rings (SSSR count). The molecule has 0 aliphatic heterocycles. The first-order valence-electron chi connectivity index (χ1n) is 5.30. The number of ether oxygens (including phenoxy) is 2. The van der Waals surface area contributed by atoms with Crippen LogP contribution in [0.2, 0.25) is 0 Å². The molecule has 0 radical (unpaired) electrons. The van der Waals surface area contributed by atoms with Gasteiger partial charge in [0.2, 0.25) is 0 Å². The third kappa shape index (κ3) is 4.66. The molecular weight excluding hydrogens is 188 g/mol. The molecule has 1 aromatic carbocycles. The summed E-state index contributed by atoms with van der Waals surface area (Å²) in [4.78, 5) is 0. The van der Waals surface area contributed by atoms with E-state index in [-0.39, 0.29) is 0 Å². The molecular formula is C13H18O2. The summed E-state index contributed by atoms with van der Waals surface area (Å²) in [6.07, 6.45) is 4.04. The Hall–Kier alpha value is -1.28. The zero-order chi connectivity index (χ0) is 10.9. The van der Waals surface area contributed by atoms with Crippen LogP contribution in [0.15, 0.2) is 30.8 Å². The summed E-state index contributed by atoms with van der Waals surface area (Å²) in [5.41, 5.74) is 1.09. The van der Waals surface area contributed by atoms with Gasteiger partial charge in [-0.2, -0.15) is 0 Å². The van der Waals surface area contributed by atoms with Crippen molar-refractivity contribution in [2.75, 3.05) is 13.4 Å². The highest BCUT2D eigenvalue weighted by Crippen LogP contribution is 2.12. The van der Waals surface area contributed by atoms with Gasteiger partial charge in [-0.15, -0.1) is 0 Å². The Morgan fingerprint density at radius 2 is 2.00 bits per heavy atom. The molecule has 0 spiro atoms. The molecule has 0 fully saturated rings. The molecule has 0 aliphatic carbocycles. The van der Waals surface area contributed by atoms with Crippen LogP contribution in [-0.4, -0.2) is 13.4 Å². The van der Waals surface area contributed by atoms with Gasteiger partial charge in [-0.3, -0.25) is 0 Å². The van der Waals surface area contributed by atoms with Crippen molar-refractivity contribution in [2.45, 2.75) is 19.8 Å². The topological polar surface area (TPSA) is 18.5 Å². The van der Waals surface area contributed by atoms with Crippen LogP contribution in [0.1, 0.15) is 25.3 Å². The molecule has 15 heavy (non-hydrogen) atoms. The first kappa shape index (κ1) is 11.8. The molecule has 0 saturated carbocycles. The van der Waals surface area contributed by atoms with Crippen molar-refractivity contribution in [1.29, 1.82) is 0 Å². The maximum absolute atomic E-state index is 5.40. The van der Waals surface area contributed by atoms with Gasteiger partial charge in [0.1, 0.15) is 5.75 Å². The van der Waals surface area contributed by atoms with E-state index in [1.54, 1.807) is 0 Å². The normalized spacial score (nSPS) is 9.93. The largest absolute Gasteiger partial charge is 0.468 e. The van der Waals surface area contributed by atoms with Crippen LogP contribution < -0.4 is 4.74 Å². The summed E-state index contributed by atoms with van der Waals surface area (Å²) in [5, 5.41) is 0. The van der Waals surface area contributed by atoms with Crippen molar-refractivity contribution >= 4 is 6.08 Å². The first-order valence-corrected chi connectivity index (χ1v) is 5.30. The fourth-order valence-corrected chi connectivity index (χ4v) is 1.12. The Kier molecular flexibility index (Phi) is 5.56. The molecule has 0 unspecified atom stereocenters. The number of rotatable bonds is 7. The second-order valence-electron chi connectivity index (χ2n) is 3.30. The Morgan fingerprint density at radius 1 is 1.27 bits per heavy atom. The van der Waals surface area contributed by atoms with Crippen LogP contribution in [0.5, 0.6) is 5.75 Å². The lowest BCUT2D eigenvalue weighted by Crippen LogP contribution is -2.03. The zero-order valence-corrected chi connectivity index (χ0v) is 9.24. The minimum atomic E-state index is 0.327. The minimum absolute atomic E-state index is 0.327. The molecule has 2 heteroatoms. The van der Waals surface area contributed by atoms with Crippen molar-refractivity contribution in [3.63, 3.8) is 0 Å². The van der Waals surface area contributed by atoms with E-state index in [0.29, 0.717) is 6.79 Å². The van der Waals surface area contributed by atoms with Crippen LogP contribution in [0.3, 0.4) is 0 Å². The van der Waals surface area contributed by atoms with Gasteiger partial charge in [0.25, 0.3) is 0 Å². The lowest BCUT2D eigenvalue weighted by atomic mass is 10.2. The fraction of sp³-hybridized carbons (Fsp3) is 0.385. The van der Waals surface area contributed by atoms with Crippen LogP contribution in [-0.2, 0) is 4.74 Å². The third-order valence-corrected chi connectivity index (χ3v) is 2.07. The second-order valence-corrected chi connectivity index (χ2v) is 3.30. The van der Waals surface area contributed by atoms with Gasteiger partial charge in [0.15, 0.2) is 6.79 Å². The summed E-state index contributed by atoms with van der Waals surface area (Å²) >= 11 is 0. The summed E-state index contributed by atoms with van der Waals surface area (Å²) < 4.78 is 10.7. The summed E-state index contributed by atoms with van der Waals surface area (Å²) in [7, 11) is 0. The molecule has 2 nitrogen and oxygen atoms in total. The zero-order valence-electron chi connectivity index (χ0n) is 9.24. The van der Waals surface area contributed by atoms with Crippen LogP contribution in [0, 0.1) is 0 Å². The Bertz CT molecular complexity index is 277. The monoisotopic (exact) mass is 206 g/mol. The van der Waals surface area contributed by atoms with E-state index in [2.05, 4.69) is 13.5 Å². The van der Waals surface area contributed by atoms with E-state index < -0.39 is 0 Å². The number of unbranched alkanes of at least 4 members (excludes halogenated alkanes) is 1. The van der Waals surface area contributed by atoms with Crippen molar-refractivity contribution in [2.24, 2.45) is 0 Å². The van der Waals surface area contributed by atoms with E-state index in [1.165, 1.54) is 0 Å². The SMILES string of the molecule is C=Cc1ccc(OCOCCCC)cc1. The summed E-state index contributed by atoms with van der Waals surface area (Å²) in [6.45, 7) is 6.92. The van der Waals surface area contributed by atoms with Crippen LogP contribution in [0.25, 0.3) is 6.08 Å². The lowest BCUT2D eigenvalue weighted by molar-refractivity contribution is 0.0140. The Labute approximate surface area is 91.5 Å². The van der Waals surface area contributed by atoms with Crippen LogP contribution in [0.4, 0.5) is 0 Å². The predicted octanol–water partition coefficient (Wildman–Crippen LogP) is 3.48. The molecule has 0 aromatic heterocycles. The molecule has 0 N–H and O–H groups in total. The van der Waals surface area contributed by atoms with Crippen LogP contribution >= 0.6 is 0 Å². The van der Waals surface area contributed by atoms with Gasteiger partial charge in [0, 0.05) is 0 Å². The van der Waals surface area contributed by atoms with Crippen molar-refractivity contribution < 1.29 is 9.47 Å². The van der Waals surface area contributed by atoms with Gasteiger partial charge >= 0.3 is 0 Å². The average molecular weight is 206 g/mol. The lowest BCUT2D eigenvalue weighted by Gasteiger charge is -2.06. The maximum atomic E-state index is 5.40. The molecule has 0 saturated heterocycles. The van der Waals surface area contributed by atoms with Gasteiger partial charge < -0.3 is 9.47 Å². The van der Waals surface area contributed by atoms with Crippen molar-refractivity contribution in [3.05, 3.63) is 36.4 Å². The highest BCUT2D eigenvalue weighted by molar-refractivity contribution is 5.48. The van der Waals surface area contributed by atoms with E-state index in [1.807, 2.05) is 30.3 Å². The summed E-state index contributed by atoms with van der Waals surface area (Å²) in [5.74, 6) is 0.831. The van der Waals surface area contributed by atoms with Crippen molar-refractivity contribution in [3.8, 4) is 5.75 Å².